The summed E-state index contributed by atoms with van der Waals surface area (Å²) in [6, 6.07) is 8.08. The summed E-state index contributed by atoms with van der Waals surface area (Å²) in [5.41, 5.74) is 4.80. The van der Waals surface area contributed by atoms with E-state index in [4.69, 9.17) is 4.90 Å². The lowest BCUT2D eigenvalue weighted by atomic mass is 9.48. The fourth-order valence-electron chi connectivity index (χ4n) is 4.66. The number of rotatable bonds is 8. The summed E-state index contributed by atoms with van der Waals surface area (Å²) in [6.07, 6.45) is 4.58. The molecule has 1 heterocycles. The summed E-state index contributed by atoms with van der Waals surface area (Å²) in [4.78, 5) is 5.06. The van der Waals surface area contributed by atoms with Gasteiger partial charge in [-0.2, -0.15) is 13.2 Å². The van der Waals surface area contributed by atoms with Crippen LogP contribution in [0.5, 0.6) is 0 Å². The van der Waals surface area contributed by atoms with E-state index in [2.05, 4.69) is 57.3 Å². The molecule has 0 saturated carbocycles. The molecule has 0 bridgehead atoms. The van der Waals surface area contributed by atoms with Gasteiger partial charge < -0.3 is 4.90 Å². The van der Waals surface area contributed by atoms with E-state index in [1.54, 1.807) is 19.1 Å². The Labute approximate surface area is 207 Å². The van der Waals surface area contributed by atoms with Crippen LogP contribution < -0.4 is 10.6 Å². The largest absolute Gasteiger partial charge is 0.416 e. The highest BCUT2D eigenvalue weighted by Crippen LogP contribution is 2.35. The van der Waals surface area contributed by atoms with Crippen molar-refractivity contribution in [2.45, 2.75) is 53.0 Å². The second-order valence-electron chi connectivity index (χ2n) is 9.68. The van der Waals surface area contributed by atoms with Crippen molar-refractivity contribution in [2.24, 2.45) is 10.8 Å². The Morgan fingerprint density at radius 2 is 1.74 bits per heavy atom. The normalized spacial score (nSPS) is 14.7. The maximum atomic E-state index is 13.1. The molecular formula is C30H33BF3N. The van der Waals surface area contributed by atoms with E-state index in [1.807, 2.05) is 19.9 Å². The van der Waals surface area contributed by atoms with E-state index >= 15 is 0 Å². The minimum Gasteiger partial charge on any atom is -0.335 e. The first-order valence-corrected chi connectivity index (χ1v) is 12.0. The highest BCUT2D eigenvalue weighted by molar-refractivity contribution is 6.74. The van der Waals surface area contributed by atoms with E-state index in [1.165, 1.54) is 11.6 Å². The van der Waals surface area contributed by atoms with Crippen molar-refractivity contribution in [3.05, 3.63) is 106 Å². The molecular weight excluding hydrogens is 442 g/mol. The molecule has 182 valence electrons. The number of alkyl halides is 3. The van der Waals surface area contributed by atoms with Crippen molar-refractivity contribution in [3.8, 4) is 11.1 Å². The third-order valence-electron chi connectivity index (χ3n) is 6.51. The van der Waals surface area contributed by atoms with Crippen LogP contribution in [0.15, 0.2) is 83.8 Å². The van der Waals surface area contributed by atoms with E-state index in [0.717, 1.165) is 45.3 Å². The van der Waals surface area contributed by atoms with Crippen LogP contribution in [0.3, 0.4) is 0 Å². The van der Waals surface area contributed by atoms with E-state index in [0.29, 0.717) is 11.5 Å². The summed E-state index contributed by atoms with van der Waals surface area (Å²) < 4.78 is 39.4. The predicted molar refractivity (Wildman–Crippen MR) is 143 cm³/mol. The smallest absolute Gasteiger partial charge is 0.335 e. The van der Waals surface area contributed by atoms with Crippen molar-refractivity contribution >= 4 is 12.8 Å². The van der Waals surface area contributed by atoms with Crippen molar-refractivity contribution in [1.29, 1.82) is 0 Å². The molecule has 0 radical (unpaired) electrons. The van der Waals surface area contributed by atoms with Crippen LogP contribution in [0.1, 0.15) is 43.9 Å². The van der Waals surface area contributed by atoms with Crippen LogP contribution in [0.25, 0.3) is 17.1 Å². The minimum atomic E-state index is -4.35. The average Bonchev–Trinajstić information content (AvgIpc) is 3.19. The van der Waals surface area contributed by atoms with E-state index in [9.17, 15) is 13.2 Å². The number of hydrogen-bond acceptors (Lipinski definition) is 1. The highest BCUT2D eigenvalue weighted by Gasteiger charge is 2.31. The zero-order chi connectivity index (χ0) is 25.9. The zero-order valence-electron chi connectivity index (χ0n) is 21.2. The van der Waals surface area contributed by atoms with Crippen LogP contribution in [0.2, 0.25) is 5.82 Å². The molecule has 0 N–H and O–H groups in total. The number of fused-ring (bicyclic) bond motifs is 1. The molecule has 1 atom stereocenters. The molecule has 1 unspecified atom stereocenters. The first kappa shape index (κ1) is 26.5. The number of hydrogen-bond donors (Lipinski definition) is 0. The Hall–Kier alpha value is -3.08. The molecule has 0 spiro atoms. The Morgan fingerprint density at radius 3 is 2.31 bits per heavy atom. The second kappa shape index (κ2) is 10.7. The van der Waals surface area contributed by atoms with Gasteiger partial charge in [-0.1, -0.05) is 68.9 Å². The van der Waals surface area contributed by atoms with E-state index < -0.39 is 11.7 Å². The van der Waals surface area contributed by atoms with Gasteiger partial charge in [0, 0.05) is 5.36 Å². The maximum Gasteiger partial charge on any atom is 0.416 e. The van der Waals surface area contributed by atoms with Crippen LogP contribution in [-0.4, -0.2) is 6.85 Å². The van der Waals surface area contributed by atoms with Gasteiger partial charge in [0.05, 0.1) is 5.56 Å². The van der Waals surface area contributed by atoms with Crippen LogP contribution in [0, 0.1) is 19.8 Å². The van der Waals surface area contributed by atoms with Gasteiger partial charge in [-0.05, 0) is 96.2 Å². The zero-order valence-corrected chi connectivity index (χ0v) is 21.2. The standard InChI is InChI=1S/C30H33BF3N/c1-8-20(5)10-11-23(9-2)28(14-19(3)4)31-18-24-17-27(22(7)16-29(24)35-31)26-13-12-25(15-21(26)6)30(32,33)34/h8-13,15-19,28H,1,5,14H2,2-4,6-7H3/b11-10-,23-9+. The predicted octanol–water partition coefficient (Wildman–Crippen LogP) is 7.59. The lowest BCUT2D eigenvalue weighted by Gasteiger charge is -2.21. The SMILES string of the molecule is C=CC(=C)/C=C\C(=C/C)C(CC(C)C)B1C=c2cc(-c3ccc(C(F)(F)F)cc3C)c(C)cc2=N1. The first-order valence-electron chi connectivity index (χ1n) is 12.0. The molecule has 1 nitrogen and oxygen atoms in total. The maximum absolute atomic E-state index is 13.1. The van der Waals surface area contributed by atoms with Gasteiger partial charge in [-0.15, -0.1) is 0 Å². The van der Waals surface area contributed by atoms with E-state index in [-0.39, 0.29) is 12.7 Å². The van der Waals surface area contributed by atoms with Gasteiger partial charge >= 0.3 is 13.0 Å². The Kier molecular flexibility index (Phi) is 8.09. The quantitative estimate of drug-likeness (QED) is 0.276. The molecule has 0 fully saturated rings. The third-order valence-corrected chi connectivity index (χ3v) is 6.51. The summed E-state index contributed by atoms with van der Waals surface area (Å²) in [6.45, 7) is 17.9. The van der Waals surface area contributed by atoms with Crippen LogP contribution in [-0.2, 0) is 6.18 Å². The summed E-state index contributed by atoms with van der Waals surface area (Å²) in [7, 11) is 0. The minimum absolute atomic E-state index is 0.0106. The van der Waals surface area contributed by atoms with Gasteiger partial charge in [0.25, 0.3) is 0 Å². The number of halogens is 3. The molecule has 1 aliphatic heterocycles. The molecule has 0 aromatic heterocycles. The lowest BCUT2D eigenvalue weighted by Crippen LogP contribution is -2.22. The van der Waals surface area contributed by atoms with Crippen molar-refractivity contribution in [2.75, 3.05) is 0 Å². The fourth-order valence-corrected chi connectivity index (χ4v) is 4.66. The lowest BCUT2D eigenvalue weighted by molar-refractivity contribution is -0.137. The van der Waals surface area contributed by atoms with Gasteiger partial charge in [-0.25, -0.2) is 0 Å². The topological polar surface area (TPSA) is 12.4 Å². The van der Waals surface area contributed by atoms with Gasteiger partial charge in [0.1, 0.15) is 0 Å². The van der Waals surface area contributed by atoms with Gasteiger partial charge in [0.2, 0.25) is 0 Å². The Morgan fingerprint density at radius 1 is 1.06 bits per heavy atom. The number of aryl methyl sites for hydroxylation is 2. The monoisotopic (exact) mass is 475 g/mol. The van der Waals surface area contributed by atoms with Crippen molar-refractivity contribution in [1.82, 2.24) is 0 Å². The van der Waals surface area contributed by atoms with Crippen LogP contribution in [0.4, 0.5) is 13.2 Å². The number of benzene rings is 2. The van der Waals surface area contributed by atoms with Gasteiger partial charge in [0.15, 0.2) is 0 Å². The molecule has 2 aromatic rings. The van der Waals surface area contributed by atoms with Crippen LogP contribution >= 0.6 is 0 Å². The third kappa shape index (κ3) is 6.14. The average molecular weight is 475 g/mol. The number of allylic oxidation sites excluding steroid dienone is 6. The summed E-state index contributed by atoms with van der Waals surface area (Å²) in [5.74, 6) is 2.90. The molecule has 5 heteroatoms. The van der Waals surface area contributed by atoms with Gasteiger partial charge in [-0.3, -0.25) is 0 Å². The number of nitrogens with zero attached hydrogens (tertiary/aromatic N) is 1. The molecule has 0 aliphatic carbocycles. The van der Waals surface area contributed by atoms with Crippen molar-refractivity contribution < 1.29 is 13.2 Å². The molecule has 0 amide bonds. The fraction of sp³-hybridized carbons (Fsp3) is 0.300. The van der Waals surface area contributed by atoms with Crippen molar-refractivity contribution in [3.63, 3.8) is 0 Å². The molecule has 0 saturated heterocycles. The summed E-state index contributed by atoms with van der Waals surface area (Å²) in [5, 5.41) is 1.96. The second-order valence-corrected chi connectivity index (χ2v) is 9.68. The Bertz CT molecular complexity index is 1310. The molecule has 35 heavy (non-hydrogen) atoms. The molecule has 2 aromatic carbocycles. The highest BCUT2D eigenvalue weighted by atomic mass is 19.4. The first-order chi connectivity index (χ1) is 16.4. The Balaban J connectivity index is 2.04. The summed E-state index contributed by atoms with van der Waals surface area (Å²) >= 11 is 0. The molecule has 3 rings (SSSR count). The molecule has 1 aliphatic rings.